The van der Waals surface area contributed by atoms with Gasteiger partial charge in [0.05, 0.1) is 29.3 Å². The highest BCUT2D eigenvalue weighted by Gasteiger charge is 2.12. The first kappa shape index (κ1) is 9.03. The number of aliphatic imine (C=N–C) groups is 1. The average Bonchev–Trinajstić information content (AvgIpc) is 2.39. The normalized spacial score (nSPS) is 13.6. The summed E-state index contributed by atoms with van der Waals surface area (Å²) in [6.45, 7) is 0.702. The molecule has 0 fully saturated rings. The van der Waals surface area contributed by atoms with Gasteiger partial charge in [0, 0.05) is 6.20 Å². The summed E-state index contributed by atoms with van der Waals surface area (Å²) in [5.41, 5.74) is 3.85. The van der Waals surface area contributed by atoms with Crippen molar-refractivity contribution in [1.82, 2.24) is 9.97 Å². The number of rotatable bonds is 1. The number of anilines is 1. The van der Waals surface area contributed by atoms with Gasteiger partial charge in [-0.1, -0.05) is 12.1 Å². The van der Waals surface area contributed by atoms with Crippen molar-refractivity contribution < 1.29 is 0 Å². The first-order chi connectivity index (χ1) is 7.93. The molecule has 2 heterocycles. The summed E-state index contributed by atoms with van der Waals surface area (Å²) in [5, 5.41) is 3.32. The standard InChI is InChI=1S/C12H10N4/c1-2-4-11-9(3-1)14-7-12(16-11)10-5-6-13-8-15-10/h1-6,8,14H,7H2. The predicted molar refractivity (Wildman–Crippen MR) is 63.2 cm³/mol. The zero-order valence-corrected chi connectivity index (χ0v) is 8.59. The van der Waals surface area contributed by atoms with Crippen molar-refractivity contribution in [1.29, 1.82) is 0 Å². The zero-order valence-electron chi connectivity index (χ0n) is 8.59. The Morgan fingerprint density at radius 2 is 2.06 bits per heavy atom. The molecule has 4 nitrogen and oxygen atoms in total. The molecule has 78 valence electrons. The fourth-order valence-electron chi connectivity index (χ4n) is 1.69. The number of benzene rings is 1. The van der Waals surface area contributed by atoms with E-state index in [4.69, 9.17) is 0 Å². The van der Waals surface area contributed by atoms with E-state index in [0.29, 0.717) is 6.54 Å². The molecule has 16 heavy (non-hydrogen) atoms. The Labute approximate surface area is 93.1 Å². The van der Waals surface area contributed by atoms with E-state index in [1.807, 2.05) is 30.3 Å². The first-order valence-corrected chi connectivity index (χ1v) is 5.10. The van der Waals surface area contributed by atoms with E-state index in [2.05, 4.69) is 20.3 Å². The van der Waals surface area contributed by atoms with Crippen molar-refractivity contribution in [3.8, 4) is 0 Å². The third-order valence-corrected chi connectivity index (χ3v) is 2.48. The fraction of sp³-hybridized carbons (Fsp3) is 0.0833. The van der Waals surface area contributed by atoms with Crippen LogP contribution in [-0.2, 0) is 0 Å². The van der Waals surface area contributed by atoms with E-state index in [0.717, 1.165) is 22.8 Å². The number of nitrogens with zero attached hydrogens (tertiary/aromatic N) is 3. The van der Waals surface area contributed by atoms with Crippen LogP contribution in [-0.4, -0.2) is 22.2 Å². The van der Waals surface area contributed by atoms with Crippen molar-refractivity contribution in [2.75, 3.05) is 11.9 Å². The second-order valence-corrected chi connectivity index (χ2v) is 3.52. The highest BCUT2D eigenvalue weighted by atomic mass is 15.0. The molecule has 1 aliphatic rings. The molecule has 0 spiro atoms. The second-order valence-electron chi connectivity index (χ2n) is 3.52. The Bertz CT molecular complexity index is 534. The molecular formula is C12H10N4. The average molecular weight is 210 g/mol. The smallest absolute Gasteiger partial charge is 0.116 e. The molecule has 0 aliphatic carbocycles. The number of fused-ring (bicyclic) bond motifs is 1. The van der Waals surface area contributed by atoms with Crippen molar-refractivity contribution in [3.05, 3.63) is 48.5 Å². The molecule has 0 unspecified atom stereocenters. The molecule has 3 rings (SSSR count). The van der Waals surface area contributed by atoms with Gasteiger partial charge in [-0.3, -0.25) is 0 Å². The number of aromatic nitrogens is 2. The molecule has 0 saturated heterocycles. The quantitative estimate of drug-likeness (QED) is 0.783. The lowest BCUT2D eigenvalue weighted by molar-refractivity contribution is 1.13. The molecule has 1 aliphatic heterocycles. The molecule has 1 aromatic carbocycles. The molecule has 2 aromatic rings. The van der Waals surface area contributed by atoms with Crippen molar-refractivity contribution in [3.63, 3.8) is 0 Å². The van der Waals surface area contributed by atoms with Crippen LogP contribution in [0.4, 0.5) is 11.4 Å². The molecule has 4 heteroatoms. The third kappa shape index (κ3) is 1.54. The van der Waals surface area contributed by atoms with Crippen LogP contribution in [0.2, 0.25) is 0 Å². The van der Waals surface area contributed by atoms with Crippen LogP contribution in [0.25, 0.3) is 0 Å². The summed E-state index contributed by atoms with van der Waals surface area (Å²) in [7, 11) is 0. The highest BCUT2D eigenvalue weighted by molar-refractivity contribution is 6.05. The molecule has 0 bridgehead atoms. The molecule has 0 saturated carbocycles. The van der Waals surface area contributed by atoms with Crippen LogP contribution >= 0.6 is 0 Å². The summed E-state index contributed by atoms with van der Waals surface area (Å²) in [4.78, 5) is 12.7. The Kier molecular flexibility index (Phi) is 2.11. The highest BCUT2D eigenvalue weighted by Crippen LogP contribution is 2.27. The Balaban J connectivity index is 2.04. The van der Waals surface area contributed by atoms with Crippen LogP contribution < -0.4 is 5.32 Å². The van der Waals surface area contributed by atoms with Gasteiger partial charge in [0.15, 0.2) is 0 Å². The topological polar surface area (TPSA) is 50.2 Å². The first-order valence-electron chi connectivity index (χ1n) is 5.10. The summed E-state index contributed by atoms with van der Waals surface area (Å²) in [6, 6.07) is 9.86. The van der Waals surface area contributed by atoms with Gasteiger partial charge in [-0.15, -0.1) is 0 Å². The zero-order chi connectivity index (χ0) is 10.8. The lowest BCUT2D eigenvalue weighted by atomic mass is 10.2. The summed E-state index contributed by atoms with van der Waals surface area (Å²) in [6.07, 6.45) is 3.27. The number of hydrogen-bond acceptors (Lipinski definition) is 4. The van der Waals surface area contributed by atoms with Crippen LogP contribution in [0.15, 0.2) is 47.8 Å². The van der Waals surface area contributed by atoms with Gasteiger partial charge in [-0.05, 0) is 18.2 Å². The van der Waals surface area contributed by atoms with Crippen molar-refractivity contribution in [2.45, 2.75) is 0 Å². The Morgan fingerprint density at radius 1 is 1.12 bits per heavy atom. The Hall–Kier alpha value is -2.23. The molecule has 1 aromatic heterocycles. The monoisotopic (exact) mass is 210 g/mol. The largest absolute Gasteiger partial charge is 0.378 e. The predicted octanol–water partition coefficient (Wildman–Crippen LogP) is 2.02. The van der Waals surface area contributed by atoms with Gasteiger partial charge in [0.2, 0.25) is 0 Å². The van der Waals surface area contributed by atoms with Gasteiger partial charge < -0.3 is 5.32 Å². The van der Waals surface area contributed by atoms with Gasteiger partial charge in [-0.2, -0.15) is 0 Å². The minimum Gasteiger partial charge on any atom is -0.378 e. The fourth-order valence-corrected chi connectivity index (χ4v) is 1.69. The maximum atomic E-state index is 4.58. The molecule has 0 radical (unpaired) electrons. The SMILES string of the molecule is c1ccc2c(c1)N=C(c1ccncn1)CN2. The minimum absolute atomic E-state index is 0.702. The summed E-state index contributed by atoms with van der Waals surface area (Å²) >= 11 is 0. The van der Waals surface area contributed by atoms with Crippen LogP contribution in [0, 0.1) is 0 Å². The van der Waals surface area contributed by atoms with Gasteiger partial charge >= 0.3 is 0 Å². The van der Waals surface area contributed by atoms with Crippen LogP contribution in [0.3, 0.4) is 0 Å². The minimum atomic E-state index is 0.702. The number of nitrogens with one attached hydrogen (secondary N) is 1. The third-order valence-electron chi connectivity index (χ3n) is 2.48. The van der Waals surface area contributed by atoms with Crippen molar-refractivity contribution in [2.24, 2.45) is 4.99 Å². The molecular weight excluding hydrogens is 200 g/mol. The van der Waals surface area contributed by atoms with E-state index in [1.54, 1.807) is 12.5 Å². The second kappa shape index (κ2) is 3.73. The summed E-state index contributed by atoms with van der Waals surface area (Å²) < 4.78 is 0. The van der Waals surface area contributed by atoms with E-state index < -0.39 is 0 Å². The van der Waals surface area contributed by atoms with Gasteiger partial charge in [0.25, 0.3) is 0 Å². The van der Waals surface area contributed by atoms with Crippen LogP contribution in [0.5, 0.6) is 0 Å². The van der Waals surface area contributed by atoms with E-state index in [-0.39, 0.29) is 0 Å². The van der Waals surface area contributed by atoms with Gasteiger partial charge in [-0.25, -0.2) is 15.0 Å². The van der Waals surface area contributed by atoms with Gasteiger partial charge in [0.1, 0.15) is 6.33 Å². The maximum absolute atomic E-state index is 4.58. The lowest BCUT2D eigenvalue weighted by Crippen LogP contribution is -2.19. The van der Waals surface area contributed by atoms with Crippen molar-refractivity contribution >= 4 is 17.1 Å². The van der Waals surface area contributed by atoms with E-state index >= 15 is 0 Å². The number of hydrogen-bond donors (Lipinski definition) is 1. The Morgan fingerprint density at radius 3 is 2.94 bits per heavy atom. The summed E-state index contributed by atoms with van der Waals surface area (Å²) in [5.74, 6) is 0. The van der Waals surface area contributed by atoms with E-state index in [9.17, 15) is 0 Å². The molecule has 0 atom stereocenters. The molecule has 1 N–H and O–H groups in total. The lowest BCUT2D eigenvalue weighted by Gasteiger charge is -2.16. The van der Waals surface area contributed by atoms with Crippen LogP contribution in [0.1, 0.15) is 5.69 Å². The number of para-hydroxylation sites is 2. The maximum Gasteiger partial charge on any atom is 0.116 e. The molecule has 0 amide bonds. The van der Waals surface area contributed by atoms with E-state index in [1.165, 1.54) is 0 Å².